The normalized spacial score (nSPS) is 13.5. The van der Waals surface area contributed by atoms with Gasteiger partial charge in [-0.05, 0) is 34.7 Å². The van der Waals surface area contributed by atoms with Crippen LogP contribution in [0.1, 0.15) is 30.5 Å². The third-order valence-electron chi connectivity index (χ3n) is 7.35. The fraction of sp³-hybridized carbons (Fsp3) is 0.143. The largest absolute Gasteiger partial charge is 0.494 e. The van der Waals surface area contributed by atoms with E-state index >= 15 is 0 Å². The third kappa shape index (κ3) is 4.73. The molecule has 0 saturated heterocycles. The van der Waals surface area contributed by atoms with Crippen LogP contribution in [0.25, 0.3) is 22.4 Å². The van der Waals surface area contributed by atoms with Gasteiger partial charge in [0.1, 0.15) is 5.69 Å². The summed E-state index contributed by atoms with van der Waals surface area (Å²) in [4.78, 5) is 4.32. The molecular weight excluding hydrogens is 655 g/mol. The van der Waals surface area contributed by atoms with Crippen LogP contribution in [-0.2, 0) is 25.5 Å². The Kier molecular flexibility index (Phi) is 7.29. The zero-order valence-corrected chi connectivity index (χ0v) is 24.9. The van der Waals surface area contributed by atoms with Crippen LogP contribution >= 0.6 is 0 Å². The summed E-state index contributed by atoms with van der Waals surface area (Å²) in [5.74, 6) is 0. The summed E-state index contributed by atoms with van der Waals surface area (Å²) in [7, 11) is 2.04. The Bertz CT molecular complexity index is 1730. The molecule has 5 aromatic rings. The average Bonchev–Trinajstić information content (AvgIpc) is 3.41. The molecule has 4 aromatic carbocycles. The SMILES string of the molecule is C[N+]1=C=[N+](c2[c-]ccc3c2C(C)(C)c2ccccc2-3)c2ccccc21.Cc1ccc(-c2[c-]cccc2)nc1.[Ir]. The topological polar surface area (TPSA) is 18.9 Å². The van der Waals surface area contributed by atoms with E-state index in [2.05, 4.69) is 107 Å². The van der Waals surface area contributed by atoms with Gasteiger partial charge in [-0.15, -0.1) is 47.5 Å². The molecule has 0 spiro atoms. The van der Waals surface area contributed by atoms with Crippen LogP contribution in [0.4, 0.5) is 17.1 Å². The Morgan fingerprint density at radius 1 is 0.769 bits per heavy atom. The summed E-state index contributed by atoms with van der Waals surface area (Å²) in [5, 5.41) is 0. The number of fused-ring (bicyclic) bond motifs is 4. The number of aromatic nitrogens is 1. The summed E-state index contributed by atoms with van der Waals surface area (Å²) in [5.41, 5.74) is 11.9. The van der Waals surface area contributed by atoms with Gasteiger partial charge in [0, 0.05) is 38.4 Å². The number of hydrogen-bond acceptors (Lipinski definition) is 1. The minimum atomic E-state index is -0.0587. The predicted octanol–water partition coefficient (Wildman–Crippen LogP) is 7.94. The second-order valence-electron chi connectivity index (χ2n) is 10.3. The predicted molar refractivity (Wildman–Crippen MR) is 155 cm³/mol. The first-order valence-corrected chi connectivity index (χ1v) is 12.9. The van der Waals surface area contributed by atoms with E-state index in [0.717, 1.165) is 22.6 Å². The zero-order chi connectivity index (χ0) is 26.3. The first-order valence-electron chi connectivity index (χ1n) is 12.9. The van der Waals surface area contributed by atoms with E-state index in [-0.39, 0.29) is 25.5 Å². The summed E-state index contributed by atoms with van der Waals surface area (Å²) >= 11 is 0. The second-order valence-corrected chi connectivity index (χ2v) is 10.3. The minimum absolute atomic E-state index is 0. The summed E-state index contributed by atoms with van der Waals surface area (Å²) in [6.45, 7) is 6.65. The molecule has 0 fully saturated rings. The molecule has 2 aliphatic rings. The maximum absolute atomic E-state index is 4.32. The molecule has 0 N–H and O–H groups in total. The minimum Gasteiger partial charge on any atom is -0.304 e. The molecule has 0 saturated carbocycles. The van der Waals surface area contributed by atoms with E-state index in [9.17, 15) is 0 Å². The molecule has 39 heavy (non-hydrogen) atoms. The Morgan fingerprint density at radius 3 is 2.26 bits per heavy atom. The quantitative estimate of drug-likeness (QED) is 0.137. The molecule has 1 aliphatic heterocycles. The molecule has 0 atom stereocenters. The van der Waals surface area contributed by atoms with Gasteiger partial charge in [0.05, 0.1) is 0 Å². The number of nitrogens with zero attached hydrogens (tertiary/aromatic N) is 3. The fourth-order valence-corrected chi connectivity index (χ4v) is 5.46. The molecular formula is C35H29IrN3. The van der Waals surface area contributed by atoms with Crippen molar-refractivity contribution in [3.63, 3.8) is 0 Å². The van der Waals surface area contributed by atoms with Crippen molar-refractivity contribution in [2.75, 3.05) is 7.05 Å². The maximum Gasteiger partial charge on any atom is 0.494 e. The number of hydrogen-bond donors (Lipinski definition) is 0. The monoisotopic (exact) mass is 684 g/mol. The standard InChI is InChI=1S/C23H19N2.C12H10N.Ir/c1-23(2)18-11-5-4-9-16(18)17-10-8-14-21(22(17)23)25-15-24(3)19-12-6-7-13-20(19)25;1-10-7-8-12(13-9-10)11-5-3-2-4-6-11;/h4-13H,1-3H3;2-5,7-9H,1H3;/q+1;-1;. The van der Waals surface area contributed by atoms with Crippen LogP contribution in [0.3, 0.4) is 0 Å². The number of benzene rings is 4. The zero-order valence-electron chi connectivity index (χ0n) is 22.5. The van der Waals surface area contributed by atoms with Crippen molar-refractivity contribution in [2.45, 2.75) is 26.2 Å². The van der Waals surface area contributed by atoms with Crippen molar-refractivity contribution in [1.82, 2.24) is 9.56 Å². The molecule has 0 amide bonds. The molecule has 1 radical (unpaired) electrons. The van der Waals surface area contributed by atoms with Crippen molar-refractivity contribution >= 4 is 23.1 Å². The van der Waals surface area contributed by atoms with Gasteiger partial charge in [-0.25, -0.2) is 0 Å². The van der Waals surface area contributed by atoms with Crippen LogP contribution < -0.4 is 4.58 Å². The van der Waals surface area contributed by atoms with E-state index in [1.807, 2.05) is 56.6 Å². The van der Waals surface area contributed by atoms with Gasteiger partial charge in [-0.3, -0.25) is 0 Å². The number of aryl methyl sites for hydroxylation is 1. The van der Waals surface area contributed by atoms with Gasteiger partial charge in [0.15, 0.2) is 7.05 Å². The molecule has 7 rings (SSSR count). The van der Waals surface area contributed by atoms with Gasteiger partial charge in [0.25, 0.3) is 11.4 Å². The number of rotatable bonds is 2. The molecule has 0 bridgehead atoms. The van der Waals surface area contributed by atoms with Gasteiger partial charge >= 0.3 is 6.01 Å². The van der Waals surface area contributed by atoms with Crippen molar-refractivity contribution < 1.29 is 24.7 Å². The molecule has 3 nitrogen and oxygen atoms in total. The van der Waals surface area contributed by atoms with Crippen LogP contribution in [0.15, 0.2) is 103 Å². The van der Waals surface area contributed by atoms with E-state index in [1.165, 1.54) is 33.5 Å². The van der Waals surface area contributed by atoms with E-state index in [4.69, 9.17) is 0 Å². The smallest absolute Gasteiger partial charge is 0.304 e. The van der Waals surface area contributed by atoms with Crippen LogP contribution in [-0.4, -0.2) is 22.6 Å². The average molecular weight is 684 g/mol. The molecule has 1 aliphatic carbocycles. The van der Waals surface area contributed by atoms with E-state index in [1.54, 1.807) is 0 Å². The van der Waals surface area contributed by atoms with Gasteiger partial charge in [0.2, 0.25) is 0 Å². The summed E-state index contributed by atoms with van der Waals surface area (Å²) in [6, 6.07) is 43.4. The maximum atomic E-state index is 4.32. The fourth-order valence-electron chi connectivity index (χ4n) is 5.46. The van der Waals surface area contributed by atoms with Gasteiger partial charge in [-0.2, -0.15) is 12.1 Å². The Hall–Kier alpha value is -3.94. The van der Waals surface area contributed by atoms with Gasteiger partial charge < -0.3 is 4.98 Å². The van der Waals surface area contributed by atoms with Crippen molar-refractivity contribution in [3.05, 3.63) is 132 Å². The Morgan fingerprint density at radius 2 is 1.51 bits per heavy atom. The first kappa shape index (κ1) is 26.7. The van der Waals surface area contributed by atoms with Crippen molar-refractivity contribution in [3.8, 4) is 22.4 Å². The van der Waals surface area contributed by atoms with Crippen LogP contribution in [0.2, 0.25) is 0 Å². The molecule has 4 heteroatoms. The van der Waals surface area contributed by atoms with Crippen molar-refractivity contribution in [1.29, 1.82) is 0 Å². The molecule has 0 unspecified atom stereocenters. The van der Waals surface area contributed by atoms with Crippen LogP contribution in [0.5, 0.6) is 0 Å². The third-order valence-corrected chi connectivity index (χ3v) is 7.35. The van der Waals surface area contributed by atoms with Crippen molar-refractivity contribution in [2.24, 2.45) is 0 Å². The molecule has 193 valence electrons. The van der Waals surface area contributed by atoms with E-state index in [0.29, 0.717) is 0 Å². The number of pyridine rings is 1. The molecule has 2 heterocycles. The summed E-state index contributed by atoms with van der Waals surface area (Å²) in [6.07, 6.45) is 1.87. The van der Waals surface area contributed by atoms with Crippen LogP contribution in [0, 0.1) is 19.1 Å². The first-order chi connectivity index (χ1) is 18.4. The number of para-hydroxylation sites is 2. The van der Waals surface area contributed by atoms with Gasteiger partial charge in [-0.1, -0.05) is 77.1 Å². The second kappa shape index (κ2) is 10.7. The molecule has 1 aromatic heterocycles. The summed E-state index contributed by atoms with van der Waals surface area (Å²) < 4.78 is 4.21. The van der Waals surface area contributed by atoms with E-state index < -0.39 is 0 Å². The Balaban J connectivity index is 0.000000187. The Labute approximate surface area is 244 Å².